The van der Waals surface area contributed by atoms with E-state index in [0.717, 1.165) is 18.4 Å². The average molecular weight is 445 g/mol. The Hall–Kier alpha value is -2.48. The molecule has 1 atom stereocenters. The first-order valence-corrected chi connectivity index (χ1v) is 10.7. The second-order valence-corrected chi connectivity index (χ2v) is 9.13. The van der Waals surface area contributed by atoms with Crippen LogP contribution in [0.2, 0.25) is 5.02 Å². The number of carbonyl (C=O) groups is 1. The minimum absolute atomic E-state index is 0.119. The van der Waals surface area contributed by atoms with Crippen LogP contribution in [0.3, 0.4) is 0 Å². The summed E-state index contributed by atoms with van der Waals surface area (Å²) < 4.78 is 25.0. The van der Waals surface area contributed by atoms with Gasteiger partial charge in [-0.3, -0.25) is 4.79 Å². The lowest BCUT2D eigenvalue weighted by molar-refractivity contribution is -0.120. The number of ketones is 1. The lowest BCUT2D eigenvalue weighted by atomic mass is 9.89. The average Bonchev–Trinajstić information content (AvgIpc) is 3.18. The summed E-state index contributed by atoms with van der Waals surface area (Å²) in [6, 6.07) is 9.45. The van der Waals surface area contributed by atoms with Crippen molar-refractivity contribution in [2.45, 2.75) is 30.7 Å². The topological polar surface area (TPSA) is 74.4 Å². The van der Waals surface area contributed by atoms with Gasteiger partial charge >= 0.3 is 0 Å². The lowest BCUT2D eigenvalue weighted by Crippen LogP contribution is -2.22. The normalized spacial score (nSPS) is 17.0. The molecule has 3 aromatic rings. The van der Waals surface area contributed by atoms with Gasteiger partial charge in [0.1, 0.15) is 16.6 Å². The Morgan fingerprint density at radius 1 is 1.23 bits per heavy atom. The van der Waals surface area contributed by atoms with E-state index < -0.39 is 17.3 Å². The second kappa shape index (κ2) is 7.34. The fourth-order valence-corrected chi connectivity index (χ4v) is 4.91. The van der Waals surface area contributed by atoms with Crippen LogP contribution in [0.1, 0.15) is 39.9 Å². The summed E-state index contributed by atoms with van der Waals surface area (Å²) in [5.74, 6) is 1.04. The van der Waals surface area contributed by atoms with Crippen molar-refractivity contribution in [1.82, 2.24) is 4.98 Å². The zero-order chi connectivity index (χ0) is 20.9. The number of hydrogen-bond donors (Lipinski definition) is 1. The molecule has 8 heteroatoms. The number of aromatic nitrogens is 1. The van der Waals surface area contributed by atoms with Crippen molar-refractivity contribution < 1.29 is 18.7 Å². The monoisotopic (exact) mass is 444 g/mol. The lowest BCUT2D eigenvalue weighted by Gasteiger charge is -2.14. The van der Waals surface area contributed by atoms with Gasteiger partial charge in [0.15, 0.2) is 11.5 Å². The molecule has 1 aliphatic carbocycles. The number of halogens is 2. The van der Waals surface area contributed by atoms with Crippen LogP contribution in [0, 0.1) is 5.82 Å². The van der Waals surface area contributed by atoms with Crippen LogP contribution in [-0.4, -0.2) is 17.6 Å². The molecular formula is C22H18ClFN2O3S. The molecule has 1 saturated carbocycles. The molecule has 154 valence electrons. The van der Waals surface area contributed by atoms with Gasteiger partial charge in [-0.2, -0.15) is 0 Å². The van der Waals surface area contributed by atoms with E-state index >= 15 is 0 Å². The van der Waals surface area contributed by atoms with Crippen molar-refractivity contribution in [2.24, 2.45) is 5.73 Å². The van der Waals surface area contributed by atoms with E-state index in [9.17, 15) is 9.18 Å². The molecule has 0 saturated heterocycles. The molecule has 2 aromatic carbocycles. The van der Waals surface area contributed by atoms with Crippen LogP contribution in [0.25, 0.3) is 0 Å². The highest BCUT2D eigenvalue weighted by atomic mass is 35.5. The minimum Gasteiger partial charge on any atom is -0.454 e. The number of carbonyl (C=O) groups excluding carboxylic acids is 1. The van der Waals surface area contributed by atoms with Gasteiger partial charge in [-0.25, -0.2) is 9.37 Å². The Kier molecular flexibility index (Phi) is 4.76. The smallest absolute Gasteiger partial charge is 0.231 e. The summed E-state index contributed by atoms with van der Waals surface area (Å²) in [4.78, 5) is 18.2. The molecule has 0 spiro atoms. The highest BCUT2D eigenvalue weighted by molar-refractivity contribution is 7.11. The van der Waals surface area contributed by atoms with E-state index in [0.29, 0.717) is 32.0 Å². The van der Waals surface area contributed by atoms with E-state index in [-0.39, 0.29) is 19.0 Å². The Balaban J connectivity index is 1.33. The highest BCUT2D eigenvalue weighted by Crippen LogP contribution is 2.51. The summed E-state index contributed by atoms with van der Waals surface area (Å²) in [6.07, 6.45) is 3.44. The zero-order valence-electron chi connectivity index (χ0n) is 15.9. The molecule has 5 rings (SSSR count). The summed E-state index contributed by atoms with van der Waals surface area (Å²) in [7, 11) is 0. The fourth-order valence-electron chi connectivity index (χ4n) is 3.81. The molecule has 1 aromatic heterocycles. The molecular weight excluding hydrogens is 427 g/mol. The first-order chi connectivity index (χ1) is 14.5. The predicted molar refractivity (Wildman–Crippen MR) is 112 cm³/mol. The van der Waals surface area contributed by atoms with Gasteiger partial charge in [-0.15, -0.1) is 11.3 Å². The molecule has 2 N–H and O–H groups in total. The van der Waals surface area contributed by atoms with Gasteiger partial charge in [0.25, 0.3) is 0 Å². The first-order valence-electron chi connectivity index (χ1n) is 9.55. The third-order valence-corrected chi connectivity index (χ3v) is 7.01. The second-order valence-electron chi connectivity index (χ2n) is 7.55. The summed E-state index contributed by atoms with van der Waals surface area (Å²) >= 11 is 7.15. The Morgan fingerprint density at radius 3 is 2.80 bits per heavy atom. The van der Waals surface area contributed by atoms with Gasteiger partial charge in [-0.1, -0.05) is 23.7 Å². The van der Waals surface area contributed by atoms with Crippen LogP contribution < -0.4 is 15.2 Å². The van der Waals surface area contributed by atoms with Crippen molar-refractivity contribution in [1.29, 1.82) is 0 Å². The molecule has 0 unspecified atom stereocenters. The minimum atomic E-state index is -0.660. The van der Waals surface area contributed by atoms with Crippen molar-refractivity contribution >= 4 is 28.7 Å². The van der Waals surface area contributed by atoms with Crippen LogP contribution in [0.4, 0.5) is 4.39 Å². The fraction of sp³-hybridized carbons (Fsp3) is 0.273. The molecule has 5 nitrogen and oxygen atoms in total. The van der Waals surface area contributed by atoms with Gasteiger partial charge in [0.05, 0.1) is 17.9 Å². The Morgan fingerprint density at radius 2 is 2.03 bits per heavy atom. The van der Waals surface area contributed by atoms with Gasteiger partial charge < -0.3 is 15.2 Å². The van der Waals surface area contributed by atoms with E-state index in [1.165, 1.54) is 17.4 Å². The molecule has 0 amide bonds. The number of ether oxygens (including phenoxy) is 2. The van der Waals surface area contributed by atoms with Crippen molar-refractivity contribution in [2.75, 3.05) is 6.79 Å². The largest absolute Gasteiger partial charge is 0.454 e. The standard InChI is InChI=1S/C22H18ClFN2O3S/c23-13-2-3-14(15(24)8-13)21(25)18-10-26-20(30-18)9-19(27)22(5-6-22)12-1-4-16-17(7-12)29-11-28-16/h1-4,7-8,10,21H,5-6,9,11,25H2/t21-/m0/s1. The van der Waals surface area contributed by atoms with Crippen LogP contribution in [-0.2, 0) is 16.6 Å². The van der Waals surface area contributed by atoms with E-state index in [2.05, 4.69) is 4.98 Å². The molecule has 30 heavy (non-hydrogen) atoms. The van der Waals surface area contributed by atoms with Crippen molar-refractivity contribution in [3.05, 3.63) is 74.4 Å². The summed E-state index contributed by atoms with van der Waals surface area (Å²) in [5, 5.41) is 0.990. The molecule has 1 fully saturated rings. The molecule has 2 heterocycles. The maximum Gasteiger partial charge on any atom is 0.231 e. The third kappa shape index (κ3) is 3.37. The van der Waals surface area contributed by atoms with Crippen molar-refractivity contribution in [3.63, 3.8) is 0 Å². The molecule has 0 bridgehead atoms. The number of Topliss-reactive ketones (excluding diaryl/α,β-unsaturated/α-hetero) is 1. The highest BCUT2D eigenvalue weighted by Gasteiger charge is 2.51. The van der Waals surface area contributed by atoms with Crippen LogP contribution >= 0.6 is 22.9 Å². The predicted octanol–water partition coefficient (Wildman–Crippen LogP) is 4.56. The maximum atomic E-state index is 14.2. The number of fused-ring (bicyclic) bond motifs is 1. The molecule has 2 aliphatic rings. The Bertz CT molecular complexity index is 1150. The van der Waals surface area contributed by atoms with Gasteiger partial charge in [0, 0.05) is 21.7 Å². The maximum absolute atomic E-state index is 14.2. The number of nitrogens with two attached hydrogens (primary N) is 1. The zero-order valence-corrected chi connectivity index (χ0v) is 17.4. The number of thiazole rings is 1. The number of nitrogens with zero attached hydrogens (tertiary/aromatic N) is 1. The third-order valence-electron chi connectivity index (χ3n) is 5.70. The van der Waals surface area contributed by atoms with Gasteiger partial charge in [0.2, 0.25) is 6.79 Å². The molecule has 1 aliphatic heterocycles. The van der Waals surface area contributed by atoms with Crippen LogP contribution in [0.15, 0.2) is 42.6 Å². The van der Waals surface area contributed by atoms with Crippen LogP contribution in [0.5, 0.6) is 11.5 Å². The van der Waals surface area contributed by atoms with Crippen molar-refractivity contribution in [3.8, 4) is 11.5 Å². The molecule has 0 radical (unpaired) electrons. The Labute approximate surface area is 181 Å². The van der Waals surface area contributed by atoms with E-state index in [1.807, 2.05) is 18.2 Å². The van der Waals surface area contributed by atoms with E-state index in [1.54, 1.807) is 18.3 Å². The number of benzene rings is 2. The summed E-state index contributed by atoms with van der Waals surface area (Å²) in [5.41, 5.74) is 7.04. The quantitative estimate of drug-likeness (QED) is 0.603. The number of rotatable bonds is 6. The van der Waals surface area contributed by atoms with Gasteiger partial charge in [-0.05, 0) is 42.7 Å². The SMILES string of the molecule is N[C@H](c1cnc(CC(=O)C2(c3ccc4c(c3)OCO4)CC2)s1)c1ccc(Cl)cc1F. The summed E-state index contributed by atoms with van der Waals surface area (Å²) in [6.45, 7) is 0.204. The first kappa shape index (κ1) is 19.5. The number of hydrogen-bond acceptors (Lipinski definition) is 6. The van der Waals surface area contributed by atoms with E-state index in [4.69, 9.17) is 26.8 Å².